The molecule has 9 nitrogen and oxygen atoms in total. The van der Waals surface area contributed by atoms with Gasteiger partial charge < -0.3 is 24.0 Å². The maximum atomic E-state index is 12.8. The van der Waals surface area contributed by atoms with Gasteiger partial charge in [0.15, 0.2) is 0 Å². The van der Waals surface area contributed by atoms with Gasteiger partial charge in [0.25, 0.3) is 0 Å². The van der Waals surface area contributed by atoms with Crippen LogP contribution >= 0.6 is 11.3 Å². The normalized spacial score (nSPS) is 17.9. The minimum Gasteiger partial charge on any atom is -0.462 e. The molecule has 0 saturated carbocycles. The van der Waals surface area contributed by atoms with E-state index in [-0.39, 0.29) is 24.3 Å². The van der Waals surface area contributed by atoms with Gasteiger partial charge in [-0.05, 0) is 33.3 Å². The fraction of sp³-hybridized carbons (Fsp3) is 0.650. The van der Waals surface area contributed by atoms with E-state index in [0.29, 0.717) is 56.4 Å². The number of rotatable bonds is 4. The summed E-state index contributed by atoms with van der Waals surface area (Å²) in [5, 5.41) is 3.37. The molecule has 0 aromatic carbocycles. The molecule has 0 radical (unpaired) electrons. The zero-order chi connectivity index (χ0) is 21.9. The second kappa shape index (κ2) is 9.22. The third-order valence-corrected chi connectivity index (χ3v) is 6.20. The van der Waals surface area contributed by atoms with E-state index in [0.717, 1.165) is 10.4 Å². The van der Waals surface area contributed by atoms with Crippen LogP contribution in [0.4, 0.5) is 14.6 Å². The van der Waals surface area contributed by atoms with Crippen LogP contribution in [0.3, 0.4) is 0 Å². The molecule has 1 N–H and O–H groups in total. The van der Waals surface area contributed by atoms with Gasteiger partial charge >= 0.3 is 18.1 Å². The molecule has 0 spiro atoms. The van der Waals surface area contributed by atoms with Gasteiger partial charge in [0, 0.05) is 37.5 Å². The first-order chi connectivity index (χ1) is 14.3. The highest BCUT2D eigenvalue weighted by Gasteiger charge is 2.35. The van der Waals surface area contributed by atoms with Crippen molar-refractivity contribution in [1.29, 1.82) is 0 Å². The quantitative estimate of drug-likeness (QED) is 0.724. The molecular formula is C20H29N3O6S. The number of urea groups is 1. The highest BCUT2D eigenvalue weighted by atomic mass is 32.1. The number of anilines is 1. The van der Waals surface area contributed by atoms with Crippen molar-refractivity contribution in [2.75, 3.05) is 44.7 Å². The molecule has 166 valence electrons. The van der Waals surface area contributed by atoms with Gasteiger partial charge in [-0.1, -0.05) is 0 Å². The predicted molar refractivity (Wildman–Crippen MR) is 112 cm³/mol. The number of ether oxygens (including phenoxy) is 3. The number of carbonyl (C=O) groups is 3. The molecule has 0 atom stereocenters. The summed E-state index contributed by atoms with van der Waals surface area (Å²) in [5.41, 5.74) is 0.920. The van der Waals surface area contributed by atoms with Crippen molar-refractivity contribution in [1.82, 2.24) is 9.80 Å². The number of fused-ring (bicyclic) bond motifs is 1. The number of piperazine rings is 1. The standard InChI is InChI=1S/C20H29N3O6S/c1-5-27-17(24)15-13-11-20(3,4)29-12-14(13)30-16(15)21-18(25)22-7-9-23(10-8-22)19(26)28-6-2/h5-12H2,1-4H3,(H,21,25). The zero-order valence-electron chi connectivity index (χ0n) is 17.9. The number of hydrogen-bond acceptors (Lipinski definition) is 7. The number of hydrogen-bond donors (Lipinski definition) is 1. The Kier molecular flexibility index (Phi) is 6.87. The average molecular weight is 440 g/mol. The number of esters is 1. The number of thiophene rings is 1. The van der Waals surface area contributed by atoms with E-state index in [2.05, 4.69) is 5.32 Å². The fourth-order valence-electron chi connectivity index (χ4n) is 3.54. The van der Waals surface area contributed by atoms with Crippen LogP contribution in [0, 0.1) is 0 Å². The lowest BCUT2D eigenvalue weighted by Gasteiger charge is -2.33. The van der Waals surface area contributed by atoms with E-state index >= 15 is 0 Å². The Morgan fingerprint density at radius 3 is 2.33 bits per heavy atom. The molecule has 1 aromatic heterocycles. The summed E-state index contributed by atoms with van der Waals surface area (Å²) in [5.74, 6) is -0.435. The summed E-state index contributed by atoms with van der Waals surface area (Å²) < 4.78 is 16.1. The third-order valence-electron chi connectivity index (χ3n) is 5.08. The number of nitrogens with zero attached hydrogens (tertiary/aromatic N) is 2. The minimum atomic E-state index is -0.435. The highest BCUT2D eigenvalue weighted by Crippen LogP contribution is 2.41. The monoisotopic (exact) mass is 439 g/mol. The summed E-state index contributed by atoms with van der Waals surface area (Å²) in [7, 11) is 0. The zero-order valence-corrected chi connectivity index (χ0v) is 18.7. The van der Waals surface area contributed by atoms with Crippen molar-refractivity contribution in [2.45, 2.75) is 46.3 Å². The molecule has 2 aliphatic heterocycles. The lowest BCUT2D eigenvalue weighted by molar-refractivity contribution is -0.0384. The molecule has 1 aromatic rings. The van der Waals surface area contributed by atoms with Gasteiger partial charge in [0.1, 0.15) is 5.00 Å². The first-order valence-corrected chi connectivity index (χ1v) is 11.0. The van der Waals surface area contributed by atoms with Gasteiger partial charge in [-0.25, -0.2) is 14.4 Å². The van der Waals surface area contributed by atoms with E-state index in [1.165, 1.54) is 11.3 Å². The smallest absolute Gasteiger partial charge is 0.409 e. The number of nitrogens with one attached hydrogen (secondary N) is 1. The predicted octanol–water partition coefficient (Wildman–Crippen LogP) is 3.08. The van der Waals surface area contributed by atoms with Gasteiger partial charge in [-0.15, -0.1) is 11.3 Å². The van der Waals surface area contributed by atoms with Gasteiger partial charge in [0.05, 0.1) is 31.0 Å². The van der Waals surface area contributed by atoms with Crippen LogP contribution < -0.4 is 5.32 Å². The van der Waals surface area contributed by atoms with Crippen LogP contribution in [0.25, 0.3) is 0 Å². The second-order valence-corrected chi connectivity index (χ2v) is 8.86. The minimum absolute atomic E-state index is 0.256. The van der Waals surface area contributed by atoms with Gasteiger partial charge in [-0.2, -0.15) is 0 Å². The van der Waals surface area contributed by atoms with Crippen LogP contribution in [-0.2, 0) is 27.2 Å². The second-order valence-electron chi connectivity index (χ2n) is 7.76. The summed E-state index contributed by atoms with van der Waals surface area (Å²) in [6.07, 6.45) is 0.205. The van der Waals surface area contributed by atoms with Crippen LogP contribution in [0.15, 0.2) is 0 Å². The Labute approximate surface area is 180 Å². The summed E-state index contributed by atoms with van der Waals surface area (Å²) in [6, 6.07) is -0.303. The molecule has 1 fully saturated rings. The Morgan fingerprint density at radius 2 is 1.70 bits per heavy atom. The number of amides is 3. The van der Waals surface area contributed by atoms with E-state index in [1.54, 1.807) is 23.6 Å². The molecular weight excluding hydrogens is 410 g/mol. The number of carbonyl (C=O) groups excluding carboxylic acids is 3. The lowest BCUT2D eigenvalue weighted by Crippen LogP contribution is -2.51. The maximum Gasteiger partial charge on any atom is 0.409 e. The summed E-state index contributed by atoms with van der Waals surface area (Å²) in [6.45, 7) is 10.0. The van der Waals surface area contributed by atoms with Crippen molar-refractivity contribution in [3.63, 3.8) is 0 Å². The maximum absolute atomic E-state index is 12.8. The molecule has 0 aliphatic carbocycles. The molecule has 2 aliphatic rings. The van der Waals surface area contributed by atoms with E-state index in [1.807, 2.05) is 13.8 Å². The third kappa shape index (κ3) is 4.86. The Morgan fingerprint density at radius 1 is 1.07 bits per heavy atom. The summed E-state index contributed by atoms with van der Waals surface area (Å²) in [4.78, 5) is 41.5. The van der Waals surface area contributed by atoms with Crippen LogP contribution in [0.1, 0.15) is 48.5 Å². The van der Waals surface area contributed by atoms with Crippen molar-refractivity contribution >= 4 is 34.4 Å². The molecule has 1 saturated heterocycles. The van der Waals surface area contributed by atoms with Crippen LogP contribution in [0.5, 0.6) is 0 Å². The summed E-state index contributed by atoms with van der Waals surface area (Å²) >= 11 is 1.35. The molecule has 3 heterocycles. The Hall–Kier alpha value is -2.33. The van der Waals surface area contributed by atoms with Crippen molar-refractivity contribution in [3.8, 4) is 0 Å². The van der Waals surface area contributed by atoms with Gasteiger partial charge in [-0.3, -0.25) is 5.32 Å². The van der Waals surface area contributed by atoms with E-state index in [4.69, 9.17) is 14.2 Å². The SMILES string of the molecule is CCOC(=O)c1c(NC(=O)N2CCN(C(=O)OCC)CC2)sc2c1CC(C)(C)OC2. The average Bonchev–Trinajstić information content (AvgIpc) is 3.04. The van der Waals surface area contributed by atoms with E-state index in [9.17, 15) is 14.4 Å². The van der Waals surface area contributed by atoms with Crippen LogP contribution in [-0.4, -0.2) is 72.9 Å². The molecule has 10 heteroatoms. The van der Waals surface area contributed by atoms with Crippen LogP contribution in [0.2, 0.25) is 0 Å². The Balaban J connectivity index is 1.73. The van der Waals surface area contributed by atoms with Gasteiger partial charge in [0.2, 0.25) is 0 Å². The molecule has 3 rings (SSSR count). The van der Waals surface area contributed by atoms with Crippen molar-refractivity contribution in [2.24, 2.45) is 0 Å². The first-order valence-electron chi connectivity index (χ1n) is 10.2. The van der Waals surface area contributed by atoms with Crippen molar-refractivity contribution < 1.29 is 28.6 Å². The molecule has 30 heavy (non-hydrogen) atoms. The van der Waals surface area contributed by atoms with E-state index < -0.39 is 5.97 Å². The molecule has 0 unspecified atom stereocenters. The first kappa shape index (κ1) is 22.4. The fourth-order valence-corrected chi connectivity index (χ4v) is 4.65. The topological polar surface area (TPSA) is 97.4 Å². The Bertz CT molecular complexity index is 814. The lowest BCUT2D eigenvalue weighted by atomic mass is 9.93. The molecule has 0 bridgehead atoms. The highest BCUT2D eigenvalue weighted by molar-refractivity contribution is 7.17. The largest absolute Gasteiger partial charge is 0.462 e. The molecule has 3 amide bonds. The van der Waals surface area contributed by atoms with Crippen molar-refractivity contribution in [3.05, 3.63) is 16.0 Å².